The summed E-state index contributed by atoms with van der Waals surface area (Å²) in [7, 11) is 1.77. The fourth-order valence-corrected chi connectivity index (χ4v) is 2.51. The maximum absolute atomic E-state index is 11.5. The van der Waals surface area contributed by atoms with Gasteiger partial charge in [0.2, 0.25) is 0 Å². The Labute approximate surface area is 158 Å². The fourth-order valence-electron chi connectivity index (χ4n) is 2.51. The number of carbonyl (C=O) groups excluding carboxylic acids is 1. The van der Waals surface area contributed by atoms with Crippen LogP contribution in [-0.4, -0.2) is 82.1 Å². The number of nitrogens with one attached hydrogen (secondary N) is 3. The minimum atomic E-state index is -0.462. The molecule has 8 nitrogen and oxygen atoms in total. The Bertz CT molecular complexity index is 418. The monoisotopic (exact) mass is 371 g/mol. The molecule has 0 aromatic carbocycles. The number of nitrogens with zero attached hydrogens (tertiary/aromatic N) is 2. The molecule has 0 atom stereocenters. The van der Waals surface area contributed by atoms with E-state index in [1.54, 1.807) is 7.05 Å². The van der Waals surface area contributed by atoms with Crippen molar-refractivity contribution in [3.63, 3.8) is 0 Å². The average Bonchev–Trinajstić information content (AvgIpc) is 2.58. The van der Waals surface area contributed by atoms with Crippen LogP contribution >= 0.6 is 0 Å². The van der Waals surface area contributed by atoms with Crippen molar-refractivity contribution in [3.05, 3.63) is 0 Å². The minimum Gasteiger partial charge on any atom is -0.444 e. The summed E-state index contributed by atoms with van der Waals surface area (Å²) in [6, 6.07) is 0. The summed E-state index contributed by atoms with van der Waals surface area (Å²) < 4.78 is 10.5. The zero-order chi connectivity index (χ0) is 19.3. The van der Waals surface area contributed by atoms with Crippen LogP contribution in [0.4, 0.5) is 4.79 Å². The van der Waals surface area contributed by atoms with Crippen LogP contribution in [0.1, 0.15) is 40.0 Å². The number of hydrogen-bond acceptors (Lipinski definition) is 5. The molecule has 8 heteroatoms. The molecule has 1 aliphatic heterocycles. The number of hydrogen-bond donors (Lipinski definition) is 3. The summed E-state index contributed by atoms with van der Waals surface area (Å²) in [5.41, 5.74) is -0.462. The van der Waals surface area contributed by atoms with Crippen LogP contribution in [0.3, 0.4) is 0 Å². The van der Waals surface area contributed by atoms with E-state index in [1.807, 2.05) is 20.8 Å². The highest BCUT2D eigenvalue weighted by molar-refractivity contribution is 5.79. The topological polar surface area (TPSA) is 87.2 Å². The van der Waals surface area contributed by atoms with Gasteiger partial charge in [-0.25, -0.2) is 4.79 Å². The Morgan fingerprint density at radius 1 is 1.04 bits per heavy atom. The molecule has 0 aromatic rings. The summed E-state index contributed by atoms with van der Waals surface area (Å²) in [4.78, 5) is 18.2. The SMILES string of the molecule is CN=C(NCCCCN1CCOCC1)NCCCNC(=O)OC(C)(C)C. The Balaban J connectivity index is 1.98. The Morgan fingerprint density at radius 3 is 2.27 bits per heavy atom. The standard InChI is InChI=1S/C18H37N5O3/c1-18(2,3)26-17(24)22-10-7-9-21-16(19-4)20-8-5-6-11-23-12-14-25-15-13-23/h5-15H2,1-4H3,(H,22,24)(H2,19,20,21). The molecule has 0 aromatic heterocycles. The van der Waals surface area contributed by atoms with Crippen molar-refractivity contribution in [2.45, 2.75) is 45.6 Å². The molecule has 0 spiro atoms. The van der Waals surface area contributed by atoms with Crippen molar-refractivity contribution in [2.24, 2.45) is 4.99 Å². The van der Waals surface area contributed by atoms with Gasteiger partial charge in [0.25, 0.3) is 0 Å². The van der Waals surface area contributed by atoms with E-state index in [4.69, 9.17) is 9.47 Å². The number of unbranched alkanes of at least 4 members (excludes halogenated alkanes) is 1. The average molecular weight is 372 g/mol. The third-order valence-electron chi connectivity index (χ3n) is 3.84. The van der Waals surface area contributed by atoms with E-state index in [-0.39, 0.29) is 6.09 Å². The van der Waals surface area contributed by atoms with Crippen molar-refractivity contribution in [2.75, 3.05) is 59.5 Å². The van der Waals surface area contributed by atoms with Gasteiger partial charge >= 0.3 is 6.09 Å². The lowest BCUT2D eigenvalue weighted by Crippen LogP contribution is -2.40. The van der Waals surface area contributed by atoms with Crippen molar-refractivity contribution in [3.8, 4) is 0 Å². The summed E-state index contributed by atoms with van der Waals surface area (Å²) in [6.07, 6.45) is 2.71. The summed E-state index contributed by atoms with van der Waals surface area (Å²) >= 11 is 0. The lowest BCUT2D eigenvalue weighted by Gasteiger charge is -2.26. The van der Waals surface area contributed by atoms with Crippen molar-refractivity contribution in [1.29, 1.82) is 0 Å². The van der Waals surface area contributed by atoms with Gasteiger partial charge in [-0.15, -0.1) is 0 Å². The number of ether oxygens (including phenoxy) is 2. The first-order valence-electron chi connectivity index (χ1n) is 9.62. The van der Waals surface area contributed by atoms with Gasteiger partial charge < -0.3 is 25.4 Å². The Hall–Kier alpha value is -1.54. The first kappa shape index (κ1) is 22.5. The quantitative estimate of drug-likeness (QED) is 0.320. The molecule has 1 fully saturated rings. The van der Waals surface area contributed by atoms with E-state index >= 15 is 0 Å². The van der Waals surface area contributed by atoms with E-state index < -0.39 is 5.60 Å². The van der Waals surface area contributed by atoms with Gasteiger partial charge in [-0.05, 0) is 46.6 Å². The van der Waals surface area contributed by atoms with Crippen LogP contribution in [0.5, 0.6) is 0 Å². The maximum atomic E-state index is 11.5. The molecule has 152 valence electrons. The number of aliphatic imine (C=N–C) groups is 1. The molecular formula is C18H37N5O3. The molecule has 0 unspecified atom stereocenters. The third-order valence-corrected chi connectivity index (χ3v) is 3.84. The van der Waals surface area contributed by atoms with Crippen LogP contribution < -0.4 is 16.0 Å². The van der Waals surface area contributed by atoms with Gasteiger partial charge in [0, 0.05) is 39.8 Å². The van der Waals surface area contributed by atoms with Crippen LogP contribution in [0, 0.1) is 0 Å². The highest BCUT2D eigenvalue weighted by Gasteiger charge is 2.15. The van der Waals surface area contributed by atoms with Crippen LogP contribution in [0.25, 0.3) is 0 Å². The van der Waals surface area contributed by atoms with Crippen LogP contribution in [-0.2, 0) is 9.47 Å². The molecule has 1 rings (SSSR count). The number of morpholine rings is 1. The first-order chi connectivity index (χ1) is 12.4. The largest absolute Gasteiger partial charge is 0.444 e. The molecular weight excluding hydrogens is 334 g/mol. The second-order valence-electron chi connectivity index (χ2n) is 7.37. The number of guanidine groups is 1. The molecule has 1 amide bonds. The first-order valence-corrected chi connectivity index (χ1v) is 9.62. The highest BCUT2D eigenvalue weighted by atomic mass is 16.6. The predicted octanol–water partition coefficient (Wildman–Crippen LogP) is 1.18. The zero-order valence-corrected chi connectivity index (χ0v) is 16.9. The van der Waals surface area contributed by atoms with E-state index in [0.717, 1.165) is 64.7 Å². The van der Waals surface area contributed by atoms with E-state index in [1.165, 1.54) is 6.42 Å². The molecule has 26 heavy (non-hydrogen) atoms. The van der Waals surface area contributed by atoms with E-state index in [0.29, 0.717) is 6.54 Å². The van der Waals surface area contributed by atoms with Gasteiger partial charge in [0.05, 0.1) is 13.2 Å². The lowest BCUT2D eigenvalue weighted by atomic mass is 10.2. The molecule has 0 aliphatic carbocycles. The minimum absolute atomic E-state index is 0.375. The molecule has 0 saturated carbocycles. The van der Waals surface area contributed by atoms with Crippen LogP contribution in [0.15, 0.2) is 4.99 Å². The second kappa shape index (κ2) is 12.8. The number of rotatable bonds is 9. The third kappa shape index (κ3) is 11.9. The summed E-state index contributed by atoms with van der Waals surface area (Å²) in [5, 5.41) is 9.32. The molecule has 0 radical (unpaired) electrons. The highest BCUT2D eigenvalue weighted by Crippen LogP contribution is 2.06. The van der Waals surface area contributed by atoms with Gasteiger partial charge in [0.1, 0.15) is 5.60 Å². The molecule has 3 N–H and O–H groups in total. The van der Waals surface area contributed by atoms with Gasteiger partial charge in [-0.3, -0.25) is 9.89 Å². The van der Waals surface area contributed by atoms with E-state index in [9.17, 15) is 4.79 Å². The van der Waals surface area contributed by atoms with E-state index in [2.05, 4.69) is 25.8 Å². The fraction of sp³-hybridized carbons (Fsp3) is 0.889. The predicted molar refractivity (Wildman–Crippen MR) is 105 cm³/mol. The van der Waals surface area contributed by atoms with Gasteiger partial charge in [-0.1, -0.05) is 0 Å². The number of amides is 1. The maximum Gasteiger partial charge on any atom is 0.407 e. The molecule has 1 aliphatic rings. The smallest absolute Gasteiger partial charge is 0.407 e. The summed E-state index contributed by atoms with van der Waals surface area (Å²) in [6.45, 7) is 12.7. The molecule has 0 bridgehead atoms. The number of alkyl carbamates (subject to hydrolysis) is 1. The second-order valence-corrected chi connectivity index (χ2v) is 7.37. The van der Waals surface area contributed by atoms with Gasteiger partial charge in [0.15, 0.2) is 5.96 Å². The normalized spacial score (nSPS) is 16.2. The zero-order valence-electron chi connectivity index (χ0n) is 16.9. The van der Waals surface area contributed by atoms with Gasteiger partial charge in [-0.2, -0.15) is 0 Å². The molecule has 1 heterocycles. The van der Waals surface area contributed by atoms with Crippen molar-refractivity contribution in [1.82, 2.24) is 20.9 Å². The van der Waals surface area contributed by atoms with Crippen molar-refractivity contribution >= 4 is 12.1 Å². The Kier molecular flexibility index (Phi) is 11.0. The lowest BCUT2D eigenvalue weighted by molar-refractivity contribution is 0.0372. The van der Waals surface area contributed by atoms with Crippen LogP contribution in [0.2, 0.25) is 0 Å². The number of carbonyl (C=O) groups is 1. The molecule has 1 saturated heterocycles. The van der Waals surface area contributed by atoms with Crippen molar-refractivity contribution < 1.29 is 14.3 Å². The Morgan fingerprint density at radius 2 is 1.65 bits per heavy atom. The summed E-state index contributed by atoms with van der Waals surface area (Å²) in [5.74, 6) is 0.800.